The van der Waals surface area contributed by atoms with Gasteiger partial charge in [0.05, 0.1) is 19.6 Å². The van der Waals surface area contributed by atoms with Crippen molar-refractivity contribution in [1.29, 1.82) is 0 Å². The third-order valence-electron chi connectivity index (χ3n) is 4.43. The number of carbonyl (C=O) groups excluding carboxylic acids is 1. The van der Waals surface area contributed by atoms with Crippen LogP contribution < -0.4 is 10.1 Å². The minimum Gasteiger partial charge on any atom is -0.483 e. The Hall–Kier alpha value is -2.75. The topological polar surface area (TPSA) is 85.4 Å². The van der Waals surface area contributed by atoms with Crippen LogP contribution in [0.5, 0.6) is 5.75 Å². The first-order valence-electron chi connectivity index (χ1n) is 9.18. The molecule has 9 heteroatoms. The molecule has 0 aliphatic heterocycles. The zero-order valence-corrected chi connectivity index (χ0v) is 19.6. The molecule has 0 aliphatic rings. The van der Waals surface area contributed by atoms with E-state index in [1.807, 2.05) is 48.5 Å². The van der Waals surface area contributed by atoms with Gasteiger partial charge in [0.1, 0.15) is 5.75 Å². The van der Waals surface area contributed by atoms with Gasteiger partial charge >= 0.3 is 0 Å². The number of fused-ring (bicyclic) bond motifs is 1. The Morgan fingerprint density at radius 2 is 1.84 bits per heavy atom. The molecule has 3 aromatic carbocycles. The quantitative estimate of drug-likeness (QED) is 0.383. The summed E-state index contributed by atoms with van der Waals surface area (Å²) in [4.78, 5) is 16.8. The lowest BCUT2D eigenvalue weighted by molar-refractivity contribution is -0.118. The Bertz CT molecular complexity index is 1370. The van der Waals surface area contributed by atoms with Crippen LogP contribution >= 0.6 is 27.3 Å². The van der Waals surface area contributed by atoms with Gasteiger partial charge in [-0.05, 0) is 57.4 Å². The molecular formula is C22H17BrN2O4S2. The molecule has 0 spiro atoms. The standard InChI is InChI=1S/C22H17BrN2O4S2/c1-31(27,28)16-8-9-18-20(12-16)30-22(24-18)25-21(26)13-29-19-10-7-15(11-17(19)23)14-5-3-2-4-6-14/h2-12H,13H2,1H3,(H,24,25,26). The first-order chi connectivity index (χ1) is 14.8. The molecule has 6 nitrogen and oxygen atoms in total. The molecule has 0 radical (unpaired) electrons. The molecule has 0 saturated carbocycles. The van der Waals surface area contributed by atoms with E-state index in [9.17, 15) is 13.2 Å². The summed E-state index contributed by atoms with van der Waals surface area (Å²) in [5, 5.41) is 3.08. The van der Waals surface area contributed by atoms with Crippen LogP contribution in [0.25, 0.3) is 21.3 Å². The number of amides is 1. The van der Waals surface area contributed by atoms with E-state index in [2.05, 4.69) is 26.2 Å². The molecule has 1 heterocycles. The summed E-state index contributed by atoms with van der Waals surface area (Å²) in [6.07, 6.45) is 1.15. The fraction of sp³-hybridized carbons (Fsp3) is 0.0909. The SMILES string of the molecule is CS(=O)(=O)c1ccc2nc(NC(=O)COc3ccc(-c4ccccc4)cc3Br)sc2c1. The summed E-state index contributed by atoms with van der Waals surface area (Å²) in [5.41, 5.74) is 2.74. The molecule has 158 valence electrons. The van der Waals surface area contributed by atoms with Crippen LogP contribution in [-0.4, -0.2) is 32.2 Å². The van der Waals surface area contributed by atoms with E-state index in [1.165, 1.54) is 17.4 Å². The highest BCUT2D eigenvalue weighted by molar-refractivity contribution is 9.10. The third-order valence-corrected chi connectivity index (χ3v) is 7.10. The zero-order chi connectivity index (χ0) is 22.0. The maximum absolute atomic E-state index is 12.3. The van der Waals surface area contributed by atoms with Crippen molar-refractivity contribution in [1.82, 2.24) is 4.98 Å². The molecule has 0 atom stereocenters. The first-order valence-corrected chi connectivity index (χ1v) is 12.7. The molecule has 0 bridgehead atoms. The van der Waals surface area contributed by atoms with E-state index in [4.69, 9.17) is 4.74 Å². The molecule has 1 aromatic heterocycles. The Kier molecular flexibility index (Phi) is 6.08. The number of nitrogens with zero attached hydrogens (tertiary/aromatic N) is 1. The van der Waals surface area contributed by atoms with E-state index in [-0.39, 0.29) is 17.4 Å². The lowest BCUT2D eigenvalue weighted by Crippen LogP contribution is -2.20. The monoisotopic (exact) mass is 516 g/mol. The molecule has 0 unspecified atom stereocenters. The Morgan fingerprint density at radius 1 is 1.06 bits per heavy atom. The fourth-order valence-corrected chi connectivity index (χ4v) is 5.05. The van der Waals surface area contributed by atoms with Gasteiger partial charge in [-0.15, -0.1) is 0 Å². The Balaban J connectivity index is 1.41. The van der Waals surface area contributed by atoms with Gasteiger partial charge < -0.3 is 4.74 Å². The summed E-state index contributed by atoms with van der Waals surface area (Å²) in [6.45, 7) is -0.187. The minimum atomic E-state index is -3.31. The molecule has 0 saturated heterocycles. The predicted octanol–water partition coefficient (Wildman–Crippen LogP) is 5.15. The summed E-state index contributed by atoms with van der Waals surface area (Å²) in [5.74, 6) is 0.193. The number of ether oxygens (including phenoxy) is 1. The van der Waals surface area contributed by atoms with E-state index in [0.717, 1.165) is 21.9 Å². The highest BCUT2D eigenvalue weighted by Crippen LogP contribution is 2.31. The van der Waals surface area contributed by atoms with Crippen molar-refractivity contribution in [2.75, 3.05) is 18.2 Å². The highest BCUT2D eigenvalue weighted by Gasteiger charge is 2.13. The van der Waals surface area contributed by atoms with Crippen LogP contribution in [0.2, 0.25) is 0 Å². The average molecular weight is 517 g/mol. The molecule has 1 N–H and O–H groups in total. The third kappa shape index (κ3) is 5.12. The van der Waals surface area contributed by atoms with Gasteiger partial charge in [-0.25, -0.2) is 13.4 Å². The first kappa shape index (κ1) is 21.5. The second-order valence-corrected chi connectivity index (χ2v) is 10.7. The maximum Gasteiger partial charge on any atom is 0.264 e. The zero-order valence-electron chi connectivity index (χ0n) is 16.3. The summed E-state index contributed by atoms with van der Waals surface area (Å²) in [6, 6.07) is 20.3. The number of carbonyl (C=O) groups is 1. The normalized spacial score (nSPS) is 11.4. The predicted molar refractivity (Wildman–Crippen MR) is 126 cm³/mol. The minimum absolute atomic E-state index is 0.187. The van der Waals surface area contributed by atoms with E-state index in [1.54, 1.807) is 12.1 Å². The van der Waals surface area contributed by atoms with Crippen LogP contribution in [0.3, 0.4) is 0 Å². The lowest BCUT2D eigenvalue weighted by Gasteiger charge is -2.09. The second-order valence-electron chi connectivity index (χ2n) is 6.77. The van der Waals surface area contributed by atoms with Crippen molar-refractivity contribution in [3.63, 3.8) is 0 Å². The largest absolute Gasteiger partial charge is 0.483 e. The number of halogens is 1. The Morgan fingerprint density at radius 3 is 2.55 bits per heavy atom. The smallest absolute Gasteiger partial charge is 0.264 e. The number of thiazole rings is 1. The molecule has 1 amide bonds. The van der Waals surface area contributed by atoms with Crippen molar-refractivity contribution in [3.8, 4) is 16.9 Å². The number of benzene rings is 3. The van der Waals surface area contributed by atoms with Gasteiger partial charge in [0, 0.05) is 6.26 Å². The fourth-order valence-electron chi connectivity index (χ4n) is 2.92. The van der Waals surface area contributed by atoms with Crippen molar-refractivity contribution in [2.45, 2.75) is 4.90 Å². The molecule has 4 rings (SSSR count). The number of hydrogen-bond donors (Lipinski definition) is 1. The van der Waals surface area contributed by atoms with Crippen molar-refractivity contribution in [2.24, 2.45) is 0 Å². The average Bonchev–Trinajstić information content (AvgIpc) is 3.14. The van der Waals surface area contributed by atoms with Crippen LogP contribution in [0.4, 0.5) is 5.13 Å². The number of hydrogen-bond acceptors (Lipinski definition) is 6. The van der Waals surface area contributed by atoms with Gasteiger partial charge in [0.2, 0.25) is 0 Å². The van der Waals surface area contributed by atoms with E-state index >= 15 is 0 Å². The number of sulfone groups is 1. The van der Waals surface area contributed by atoms with Gasteiger partial charge in [-0.2, -0.15) is 0 Å². The molecular weight excluding hydrogens is 500 g/mol. The van der Waals surface area contributed by atoms with E-state index < -0.39 is 9.84 Å². The maximum atomic E-state index is 12.3. The summed E-state index contributed by atoms with van der Waals surface area (Å²) >= 11 is 4.70. The van der Waals surface area contributed by atoms with Crippen LogP contribution in [0.1, 0.15) is 0 Å². The van der Waals surface area contributed by atoms with Crippen molar-refractivity contribution in [3.05, 3.63) is 71.2 Å². The molecule has 0 aliphatic carbocycles. The number of nitrogens with one attached hydrogen (secondary N) is 1. The van der Waals surface area contributed by atoms with Gasteiger partial charge in [0.15, 0.2) is 21.6 Å². The van der Waals surface area contributed by atoms with Crippen LogP contribution in [0.15, 0.2) is 76.1 Å². The molecule has 0 fully saturated rings. The van der Waals surface area contributed by atoms with Gasteiger partial charge in [-0.3, -0.25) is 10.1 Å². The lowest BCUT2D eigenvalue weighted by atomic mass is 10.1. The number of rotatable bonds is 6. The number of aromatic nitrogens is 1. The second kappa shape index (κ2) is 8.78. The Labute approximate surface area is 191 Å². The highest BCUT2D eigenvalue weighted by atomic mass is 79.9. The van der Waals surface area contributed by atoms with Gasteiger partial charge in [0.25, 0.3) is 5.91 Å². The summed E-state index contributed by atoms with van der Waals surface area (Å²) in [7, 11) is -3.31. The van der Waals surface area contributed by atoms with Gasteiger partial charge in [-0.1, -0.05) is 47.7 Å². The number of anilines is 1. The van der Waals surface area contributed by atoms with Crippen LogP contribution in [0, 0.1) is 0 Å². The van der Waals surface area contributed by atoms with Crippen molar-refractivity contribution >= 4 is 58.4 Å². The van der Waals surface area contributed by atoms with Crippen molar-refractivity contribution < 1.29 is 17.9 Å². The molecule has 31 heavy (non-hydrogen) atoms. The van der Waals surface area contributed by atoms with Crippen LogP contribution in [-0.2, 0) is 14.6 Å². The van der Waals surface area contributed by atoms with E-state index in [0.29, 0.717) is 21.1 Å². The molecule has 4 aromatic rings. The summed E-state index contributed by atoms with van der Waals surface area (Å²) < 4.78 is 30.5.